The van der Waals surface area contributed by atoms with Gasteiger partial charge < -0.3 is 20.8 Å². The number of anilines is 2. The molecule has 1 fully saturated rings. The smallest absolute Gasteiger partial charge is 0.384 e. The molecule has 0 amide bonds. The molecule has 3 rings (SSSR count). The van der Waals surface area contributed by atoms with Gasteiger partial charge >= 0.3 is 12.4 Å². The summed E-state index contributed by atoms with van der Waals surface area (Å²) >= 11 is 0. The van der Waals surface area contributed by atoms with Crippen molar-refractivity contribution in [3.8, 4) is 11.8 Å². The maximum atomic E-state index is 13.2. The largest absolute Gasteiger partial charge is 0.430 e. The number of hydrogen-bond donors (Lipinski definition) is 3. The first-order valence-electron chi connectivity index (χ1n) is 10.2. The number of aliphatic hydroxyl groups is 2. The van der Waals surface area contributed by atoms with Crippen LogP contribution in [-0.2, 0) is 15.6 Å². The quantitative estimate of drug-likeness (QED) is 0.402. The van der Waals surface area contributed by atoms with E-state index in [9.17, 15) is 39.9 Å². The summed E-state index contributed by atoms with van der Waals surface area (Å²) in [5.74, 6) is 5.15. The molecular formula is C21H20F6N4O4S. The zero-order chi connectivity index (χ0) is 26.9. The molecule has 1 aromatic carbocycles. The Kier molecular flexibility index (Phi) is 7.47. The van der Waals surface area contributed by atoms with Gasteiger partial charge in [0.15, 0.2) is 0 Å². The molecule has 1 saturated heterocycles. The Balaban J connectivity index is 1.92. The van der Waals surface area contributed by atoms with Crippen LogP contribution in [0.15, 0.2) is 47.5 Å². The number of aromatic nitrogens is 1. The Hall–Kier alpha value is -3.06. The predicted octanol–water partition coefficient (Wildman–Crippen LogP) is 1.85. The fourth-order valence-electron chi connectivity index (χ4n) is 3.65. The summed E-state index contributed by atoms with van der Waals surface area (Å²) in [6, 6.07) is 4.54. The number of nitrogen functional groups attached to an aromatic ring is 1. The zero-order valence-electron chi connectivity index (χ0n) is 18.3. The minimum atomic E-state index is -6.03. The van der Waals surface area contributed by atoms with E-state index in [2.05, 4.69) is 16.8 Å². The number of piperazine rings is 1. The second-order valence-electron chi connectivity index (χ2n) is 7.72. The Morgan fingerprint density at radius 1 is 1.03 bits per heavy atom. The van der Waals surface area contributed by atoms with E-state index < -0.39 is 46.2 Å². The SMILES string of the molecule is Nc1ccc(S(=O)(=O)N2CCN(c3ccc(C(O)(C(F)(F)F)C(F)(F)F)cc3)[C@@H](C#CCO)C2)cn1. The van der Waals surface area contributed by atoms with Crippen molar-refractivity contribution in [1.29, 1.82) is 0 Å². The third kappa shape index (κ3) is 5.07. The van der Waals surface area contributed by atoms with Crippen LogP contribution in [0.3, 0.4) is 0 Å². The molecule has 1 aliphatic heterocycles. The Morgan fingerprint density at radius 3 is 2.14 bits per heavy atom. The van der Waals surface area contributed by atoms with Crippen molar-refractivity contribution in [3.05, 3.63) is 48.2 Å². The summed E-state index contributed by atoms with van der Waals surface area (Å²) in [5.41, 5.74) is -0.887. The van der Waals surface area contributed by atoms with Gasteiger partial charge in [0.2, 0.25) is 10.0 Å². The molecule has 0 radical (unpaired) electrons. The number of aliphatic hydroxyl groups excluding tert-OH is 1. The fourth-order valence-corrected chi connectivity index (χ4v) is 5.03. The molecule has 1 atom stereocenters. The summed E-state index contributed by atoms with van der Waals surface area (Å²) < 4.78 is 106. The minimum Gasteiger partial charge on any atom is -0.384 e. The van der Waals surface area contributed by atoms with Gasteiger partial charge in [0.1, 0.15) is 23.4 Å². The van der Waals surface area contributed by atoms with Crippen molar-refractivity contribution in [3.63, 3.8) is 0 Å². The minimum absolute atomic E-state index is 0.0332. The lowest BCUT2D eigenvalue weighted by molar-refractivity contribution is -0.376. The monoisotopic (exact) mass is 538 g/mol. The first-order valence-corrected chi connectivity index (χ1v) is 11.6. The van der Waals surface area contributed by atoms with E-state index in [0.717, 1.165) is 22.6 Å². The van der Waals surface area contributed by atoms with Crippen LogP contribution in [0.25, 0.3) is 0 Å². The molecule has 8 nitrogen and oxygen atoms in total. The molecule has 0 unspecified atom stereocenters. The van der Waals surface area contributed by atoms with Crippen LogP contribution >= 0.6 is 0 Å². The van der Waals surface area contributed by atoms with Gasteiger partial charge in [-0.25, -0.2) is 13.4 Å². The van der Waals surface area contributed by atoms with Gasteiger partial charge in [-0.15, -0.1) is 0 Å². The molecule has 1 aromatic heterocycles. The normalized spacial score (nSPS) is 18.0. The molecule has 196 valence electrons. The van der Waals surface area contributed by atoms with E-state index in [1.165, 1.54) is 17.0 Å². The van der Waals surface area contributed by atoms with Gasteiger partial charge in [0.05, 0.1) is 0 Å². The molecule has 36 heavy (non-hydrogen) atoms. The van der Waals surface area contributed by atoms with E-state index in [1.807, 2.05) is 0 Å². The van der Waals surface area contributed by atoms with Gasteiger partial charge in [-0.2, -0.15) is 30.6 Å². The van der Waals surface area contributed by atoms with E-state index >= 15 is 0 Å². The first kappa shape index (κ1) is 27.5. The van der Waals surface area contributed by atoms with Gasteiger partial charge in [0.25, 0.3) is 5.60 Å². The number of nitrogens with two attached hydrogens (primary N) is 1. The fraction of sp³-hybridized carbons (Fsp3) is 0.381. The highest BCUT2D eigenvalue weighted by atomic mass is 32.2. The van der Waals surface area contributed by atoms with E-state index in [0.29, 0.717) is 12.1 Å². The van der Waals surface area contributed by atoms with Crippen molar-refractivity contribution in [2.24, 2.45) is 0 Å². The number of pyridine rings is 1. The van der Waals surface area contributed by atoms with Crippen LogP contribution in [0.1, 0.15) is 5.56 Å². The number of rotatable bonds is 4. The lowest BCUT2D eigenvalue weighted by atomic mass is 9.92. The highest BCUT2D eigenvalue weighted by Gasteiger charge is 2.71. The molecule has 0 saturated carbocycles. The molecule has 2 heterocycles. The highest BCUT2D eigenvalue weighted by molar-refractivity contribution is 7.89. The van der Waals surface area contributed by atoms with Crippen molar-refractivity contribution in [2.45, 2.75) is 28.9 Å². The molecule has 15 heteroatoms. The van der Waals surface area contributed by atoms with Crippen molar-refractivity contribution in [2.75, 3.05) is 36.9 Å². The number of halogens is 6. The van der Waals surface area contributed by atoms with Crippen LogP contribution in [-0.4, -0.2) is 72.6 Å². The average molecular weight is 538 g/mol. The van der Waals surface area contributed by atoms with Crippen molar-refractivity contribution < 1.29 is 45.0 Å². The van der Waals surface area contributed by atoms with Crippen molar-refractivity contribution in [1.82, 2.24) is 9.29 Å². The molecular weight excluding hydrogens is 518 g/mol. The summed E-state index contributed by atoms with van der Waals surface area (Å²) in [5, 5.41) is 18.7. The molecule has 4 N–H and O–H groups in total. The second-order valence-corrected chi connectivity index (χ2v) is 9.66. The zero-order valence-corrected chi connectivity index (χ0v) is 19.1. The van der Waals surface area contributed by atoms with Crippen LogP contribution in [0.5, 0.6) is 0 Å². The number of hydrogen-bond acceptors (Lipinski definition) is 7. The Bertz CT molecular complexity index is 1220. The average Bonchev–Trinajstić information content (AvgIpc) is 2.81. The molecule has 2 aromatic rings. The summed E-state index contributed by atoms with van der Waals surface area (Å²) in [6.07, 6.45) is -11.0. The maximum Gasteiger partial charge on any atom is 0.430 e. The van der Waals surface area contributed by atoms with E-state index in [-0.39, 0.29) is 36.0 Å². The molecule has 1 aliphatic rings. The molecule has 0 aliphatic carbocycles. The Labute approximate surface area is 202 Å². The van der Waals surface area contributed by atoms with E-state index in [4.69, 9.17) is 10.8 Å². The van der Waals surface area contributed by atoms with Crippen LogP contribution in [0.2, 0.25) is 0 Å². The molecule has 0 spiro atoms. The highest BCUT2D eigenvalue weighted by Crippen LogP contribution is 2.50. The van der Waals surface area contributed by atoms with Gasteiger partial charge in [-0.3, -0.25) is 0 Å². The topological polar surface area (TPSA) is 120 Å². The molecule has 0 bridgehead atoms. The van der Waals surface area contributed by atoms with E-state index in [1.54, 1.807) is 0 Å². The standard InChI is InChI=1S/C21H20F6N4O4S/c22-20(23,24)19(33,21(25,26)27)14-3-5-15(6-4-14)31-10-9-30(13-16(31)2-1-11-32)36(34,35)17-7-8-18(28)29-12-17/h3-8,12,16,32-33H,9-11,13H2,(H2,28,29)/t16-/m0/s1. The van der Waals surface area contributed by atoms with Crippen LogP contribution < -0.4 is 10.6 Å². The summed E-state index contributed by atoms with van der Waals surface area (Å²) in [4.78, 5) is 5.09. The lowest BCUT2D eigenvalue weighted by Gasteiger charge is -2.40. The van der Waals surface area contributed by atoms with Gasteiger partial charge in [0, 0.05) is 37.1 Å². The maximum absolute atomic E-state index is 13.2. The first-order chi connectivity index (χ1) is 16.6. The van der Waals surface area contributed by atoms with Gasteiger partial charge in [-0.1, -0.05) is 24.0 Å². The van der Waals surface area contributed by atoms with Crippen molar-refractivity contribution >= 4 is 21.5 Å². The summed E-state index contributed by atoms with van der Waals surface area (Å²) in [6.45, 7) is -0.923. The Morgan fingerprint density at radius 2 is 1.64 bits per heavy atom. The van der Waals surface area contributed by atoms with Gasteiger partial charge in [-0.05, 0) is 24.3 Å². The number of alkyl halides is 6. The second kappa shape index (κ2) is 9.77. The lowest BCUT2D eigenvalue weighted by Crippen LogP contribution is -2.55. The predicted molar refractivity (Wildman–Crippen MR) is 116 cm³/mol. The number of benzene rings is 1. The summed E-state index contributed by atoms with van der Waals surface area (Å²) in [7, 11) is -4.03. The number of sulfonamides is 1. The number of nitrogens with zero attached hydrogens (tertiary/aromatic N) is 3. The third-order valence-corrected chi connectivity index (χ3v) is 7.37. The van der Waals surface area contributed by atoms with Crippen LogP contribution in [0.4, 0.5) is 37.8 Å². The third-order valence-electron chi connectivity index (χ3n) is 5.53. The van der Waals surface area contributed by atoms with Crippen LogP contribution in [0, 0.1) is 11.8 Å².